The number of fused-ring (bicyclic) bond motifs is 2. The number of carbonyl (C=O) groups excluding carboxylic acids is 1. The van der Waals surface area contributed by atoms with Gasteiger partial charge in [-0.25, -0.2) is 4.79 Å². The van der Waals surface area contributed by atoms with Crippen molar-refractivity contribution in [3.05, 3.63) is 28.2 Å². The van der Waals surface area contributed by atoms with Gasteiger partial charge in [-0.3, -0.25) is 5.32 Å². The van der Waals surface area contributed by atoms with Crippen molar-refractivity contribution in [3.8, 4) is 0 Å². The molecule has 2 aliphatic heterocycles. The molecular weight excluding hydrogens is 284 g/mol. The number of rotatable bonds is 0. The van der Waals surface area contributed by atoms with Crippen LogP contribution in [0, 0.1) is 0 Å². The average molecular weight is 297 g/mol. The van der Waals surface area contributed by atoms with E-state index in [1.807, 2.05) is 18.2 Å². The molecule has 90 valence electrons. The van der Waals surface area contributed by atoms with Gasteiger partial charge in [-0.15, -0.1) is 0 Å². The predicted octanol–water partition coefficient (Wildman–Crippen LogP) is 2.59. The number of nitrogens with one attached hydrogen (secondary N) is 2. The normalized spacial score (nSPS) is 27.2. The number of carbonyl (C=O) groups is 1. The lowest BCUT2D eigenvalue weighted by atomic mass is 9.84. The summed E-state index contributed by atoms with van der Waals surface area (Å²) in [5.41, 5.74) is 1.42. The van der Waals surface area contributed by atoms with E-state index in [9.17, 15) is 4.79 Å². The third-order valence-corrected chi connectivity index (χ3v) is 3.84. The average Bonchev–Trinajstić information content (AvgIpc) is 2.29. The van der Waals surface area contributed by atoms with Gasteiger partial charge in [-0.05, 0) is 31.5 Å². The second kappa shape index (κ2) is 3.99. The van der Waals surface area contributed by atoms with Crippen LogP contribution >= 0.6 is 15.9 Å². The molecule has 1 fully saturated rings. The zero-order valence-corrected chi connectivity index (χ0v) is 10.8. The van der Waals surface area contributed by atoms with E-state index in [0.717, 1.165) is 35.1 Å². The molecule has 1 atom stereocenters. The van der Waals surface area contributed by atoms with Crippen molar-refractivity contribution >= 4 is 27.7 Å². The van der Waals surface area contributed by atoms with Crippen molar-refractivity contribution in [2.75, 3.05) is 18.4 Å². The van der Waals surface area contributed by atoms with E-state index in [0.29, 0.717) is 6.54 Å². The number of piperidine rings is 1. The van der Waals surface area contributed by atoms with Crippen LogP contribution in [0.2, 0.25) is 0 Å². The lowest BCUT2D eigenvalue weighted by molar-refractivity contribution is -0.00725. The first-order valence-electron chi connectivity index (χ1n) is 5.70. The highest BCUT2D eigenvalue weighted by atomic mass is 79.9. The SMILES string of the molecule is O=C1Nc2cc(Br)ccc2C2(CCCNC2)O1. The fourth-order valence-corrected chi connectivity index (χ4v) is 2.94. The number of hydrogen-bond acceptors (Lipinski definition) is 3. The largest absolute Gasteiger partial charge is 0.436 e. The first-order valence-corrected chi connectivity index (χ1v) is 6.50. The minimum Gasteiger partial charge on any atom is -0.436 e. The Morgan fingerprint density at radius 3 is 3.06 bits per heavy atom. The zero-order valence-electron chi connectivity index (χ0n) is 9.25. The summed E-state index contributed by atoms with van der Waals surface area (Å²) in [5.74, 6) is 0. The molecule has 17 heavy (non-hydrogen) atoms. The van der Waals surface area contributed by atoms with Crippen molar-refractivity contribution in [1.82, 2.24) is 5.32 Å². The molecular formula is C12H13BrN2O2. The van der Waals surface area contributed by atoms with E-state index in [1.54, 1.807) is 0 Å². The number of benzene rings is 1. The maximum absolute atomic E-state index is 11.6. The summed E-state index contributed by atoms with van der Waals surface area (Å²) in [6, 6.07) is 5.92. The van der Waals surface area contributed by atoms with Gasteiger partial charge in [0.2, 0.25) is 0 Å². The van der Waals surface area contributed by atoms with E-state index < -0.39 is 5.60 Å². The summed E-state index contributed by atoms with van der Waals surface area (Å²) in [6.07, 6.45) is 1.53. The van der Waals surface area contributed by atoms with Gasteiger partial charge < -0.3 is 10.1 Å². The number of anilines is 1. The van der Waals surface area contributed by atoms with Crippen LogP contribution < -0.4 is 10.6 Å². The summed E-state index contributed by atoms with van der Waals surface area (Å²) >= 11 is 3.42. The van der Waals surface area contributed by atoms with E-state index in [1.165, 1.54) is 0 Å². The molecule has 0 saturated carbocycles. The first-order chi connectivity index (χ1) is 8.20. The Balaban J connectivity index is 2.09. The van der Waals surface area contributed by atoms with Gasteiger partial charge in [0.1, 0.15) is 0 Å². The van der Waals surface area contributed by atoms with Crippen molar-refractivity contribution in [2.45, 2.75) is 18.4 Å². The van der Waals surface area contributed by atoms with Crippen LogP contribution in [-0.4, -0.2) is 19.2 Å². The third-order valence-electron chi connectivity index (χ3n) is 3.34. The van der Waals surface area contributed by atoms with Crippen LogP contribution in [0.1, 0.15) is 18.4 Å². The molecule has 1 spiro atoms. The van der Waals surface area contributed by atoms with Crippen molar-refractivity contribution in [3.63, 3.8) is 0 Å². The lowest BCUT2D eigenvalue weighted by Gasteiger charge is -2.41. The van der Waals surface area contributed by atoms with Gasteiger partial charge in [0.25, 0.3) is 0 Å². The van der Waals surface area contributed by atoms with Crippen molar-refractivity contribution in [2.24, 2.45) is 0 Å². The van der Waals surface area contributed by atoms with Crippen LogP contribution in [0.5, 0.6) is 0 Å². The quantitative estimate of drug-likeness (QED) is 0.774. The van der Waals surface area contributed by atoms with Gasteiger partial charge in [0, 0.05) is 16.6 Å². The van der Waals surface area contributed by atoms with E-state index >= 15 is 0 Å². The summed E-state index contributed by atoms with van der Waals surface area (Å²) in [6.45, 7) is 1.67. The van der Waals surface area contributed by atoms with Gasteiger partial charge in [0.05, 0.1) is 5.69 Å². The van der Waals surface area contributed by atoms with Gasteiger partial charge in [-0.1, -0.05) is 22.0 Å². The van der Waals surface area contributed by atoms with Crippen LogP contribution in [0.4, 0.5) is 10.5 Å². The first kappa shape index (κ1) is 11.0. The molecule has 1 unspecified atom stereocenters. The summed E-state index contributed by atoms with van der Waals surface area (Å²) in [5, 5.41) is 6.06. The van der Waals surface area contributed by atoms with Crippen LogP contribution in [-0.2, 0) is 10.3 Å². The van der Waals surface area contributed by atoms with E-state index in [-0.39, 0.29) is 6.09 Å². The number of hydrogen-bond donors (Lipinski definition) is 2. The number of amides is 1. The molecule has 5 heteroatoms. The lowest BCUT2D eigenvalue weighted by Crippen LogP contribution is -2.49. The summed E-state index contributed by atoms with van der Waals surface area (Å²) in [4.78, 5) is 11.6. The van der Waals surface area contributed by atoms with E-state index in [2.05, 4.69) is 26.6 Å². The summed E-state index contributed by atoms with van der Waals surface area (Å²) in [7, 11) is 0. The second-order valence-electron chi connectivity index (χ2n) is 4.48. The molecule has 2 heterocycles. The van der Waals surface area contributed by atoms with Gasteiger partial charge >= 0.3 is 6.09 Å². The Kier molecular flexibility index (Phi) is 2.60. The highest BCUT2D eigenvalue weighted by molar-refractivity contribution is 9.10. The third kappa shape index (κ3) is 1.83. The Hall–Kier alpha value is -1.07. The molecule has 0 aromatic heterocycles. The highest BCUT2D eigenvalue weighted by Crippen LogP contribution is 2.41. The predicted molar refractivity (Wildman–Crippen MR) is 68.0 cm³/mol. The van der Waals surface area contributed by atoms with Gasteiger partial charge in [-0.2, -0.15) is 0 Å². The molecule has 1 aromatic carbocycles. The minimum absolute atomic E-state index is 0.362. The minimum atomic E-state index is -0.489. The molecule has 1 saturated heterocycles. The number of ether oxygens (including phenoxy) is 1. The smallest absolute Gasteiger partial charge is 0.412 e. The number of halogens is 1. The second-order valence-corrected chi connectivity index (χ2v) is 5.39. The standard InChI is InChI=1S/C12H13BrN2O2/c13-8-2-3-9-10(6-8)15-11(16)17-12(9)4-1-5-14-7-12/h2-3,6,14H,1,4-5,7H2,(H,15,16). The molecule has 3 rings (SSSR count). The Bertz CT molecular complexity index is 470. The molecule has 4 nitrogen and oxygen atoms in total. The summed E-state index contributed by atoms with van der Waals surface area (Å²) < 4.78 is 6.51. The van der Waals surface area contributed by atoms with E-state index in [4.69, 9.17) is 4.74 Å². The fraction of sp³-hybridized carbons (Fsp3) is 0.417. The molecule has 1 amide bonds. The van der Waals surface area contributed by atoms with Crippen molar-refractivity contribution in [1.29, 1.82) is 0 Å². The Morgan fingerprint density at radius 1 is 1.41 bits per heavy atom. The molecule has 1 aromatic rings. The van der Waals surface area contributed by atoms with Crippen LogP contribution in [0.25, 0.3) is 0 Å². The molecule has 0 bridgehead atoms. The maximum atomic E-state index is 11.6. The molecule has 0 aliphatic carbocycles. The van der Waals surface area contributed by atoms with Crippen LogP contribution in [0.3, 0.4) is 0 Å². The Morgan fingerprint density at radius 2 is 2.29 bits per heavy atom. The zero-order chi connectivity index (χ0) is 11.9. The van der Waals surface area contributed by atoms with Crippen LogP contribution in [0.15, 0.2) is 22.7 Å². The van der Waals surface area contributed by atoms with Gasteiger partial charge in [0.15, 0.2) is 5.60 Å². The fourth-order valence-electron chi connectivity index (χ4n) is 2.58. The molecule has 0 radical (unpaired) electrons. The molecule has 2 aliphatic rings. The topological polar surface area (TPSA) is 50.4 Å². The maximum Gasteiger partial charge on any atom is 0.412 e. The van der Waals surface area contributed by atoms with Crippen molar-refractivity contribution < 1.29 is 9.53 Å². The Labute approximate surface area is 108 Å². The molecule has 2 N–H and O–H groups in total. The monoisotopic (exact) mass is 296 g/mol. The highest BCUT2D eigenvalue weighted by Gasteiger charge is 2.42.